The molecule has 2 aromatic carbocycles. The Morgan fingerprint density at radius 3 is 2.62 bits per heavy atom. The van der Waals surface area contributed by atoms with Crippen LogP contribution in [0.4, 0.5) is 11.8 Å². The highest BCUT2D eigenvalue weighted by molar-refractivity contribution is 5.91. The van der Waals surface area contributed by atoms with Gasteiger partial charge in [0, 0.05) is 31.6 Å². The van der Waals surface area contributed by atoms with Crippen molar-refractivity contribution in [2.24, 2.45) is 0 Å². The van der Waals surface area contributed by atoms with E-state index in [1.165, 1.54) is 0 Å². The summed E-state index contributed by atoms with van der Waals surface area (Å²) in [5.41, 5.74) is 6.82. The molecule has 182 valence electrons. The van der Waals surface area contributed by atoms with Crippen molar-refractivity contribution < 1.29 is 23.7 Å². The molecule has 11 heteroatoms. The van der Waals surface area contributed by atoms with Gasteiger partial charge in [-0.05, 0) is 24.6 Å². The second-order valence-corrected chi connectivity index (χ2v) is 7.56. The van der Waals surface area contributed by atoms with Gasteiger partial charge in [-0.2, -0.15) is 4.98 Å². The van der Waals surface area contributed by atoms with Crippen molar-refractivity contribution in [3.8, 4) is 23.0 Å². The van der Waals surface area contributed by atoms with E-state index in [1.54, 1.807) is 32.4 Å². The van der Waals surface area contributed by atoms with Crippen LogP contribution < -0.4 is 34.9 Å². The summed E-state index contributed by atoms with van der Waals surface area (Å²) in [6.07, 6.45) is 0.00725. The van der Waals surface area contributed by atoms with Gasteiger partial charge in [0.25, 0.3) is 5.91 Å². The number of nitrogens with two attached hydrogens (primary N) is 1. The predicted octanol–water partition coefficient (Wildman–Crippen LogP) is 2.43. The number of ether oxygens (including phenoxy) is 4. The van der Waals surface area contributed by atoms with Gasteiger partial charge in [0.15, 0.2) is 23.0 Å². The van der Waals surface area contributed by atoms with Crippen LogP contribution in [0.3, 0.4) is 0 Å². The number of carbonyl (C=O) groups is 1. The molecule has 34 heavy (non-hydrogen) atoms. The van der Waals surface area contributed by atoms with Gasteiger partial charge in [0.2, 0.25) is 12.1 Å². The molecule has 0 radical (unpaired) electrons. The van der Waals surface area contributed by atoms with Crippen molar-refractivity contribution in [1.29, 1.82) is 0 Å². The van der Waals surface area contributed by atoms with Gasteiger partial charge in [-0.1, -0.05) is 12.1 Å². The molecule has 3 aromatic rings. The maximum Gasteiger partial charge on any atom is 0.264 e. The average Bonchev–Trinajstić information content (AvgIpc) is 2.85. The van der Waals surface area contributed by atoms with Crippen LogP contribution in [0.15, 0.2) is 36.4 Å². The molecule has 1 aromatic heterocycles. The van der Waals surface area contributed by atoms with E-state index in [4.69, 9.17) is 24.7 Å². The van der Waals surface area contributed by atoms with Crippen molar-refractivity contribution in [1.82, 2.24) is 15.3 Å². The summed E-state index contributed by atoms with van der Waals surface area (Å²) < 4.78 is 22.0. The van der Waals surface area contributed by atoms with E-state index in [0.717, 1.165) is 0 Å². The summed E-state index contributed by atoms with van der Waals surface area (Å²) in [4.78, 5) is 23.3. The highest BCUT2D eigenvalue weighted by Crippen LogP contribution is 2.34. The average molecular weight is 490 g/mol. The number of rotatable bonds is 8. The Hall–Kier alpha value is -3.66. The quantitative estimate of drug-likeness (QED) is 0.459. The molecule has 0 fully saturated rings. The molecule has 0 saturated carbocycles. The smallest absolute Gasteiger partial charge is 0.264 e. The van der Waals surface area contributed by atoms with E-state index in [9.17, 15) is 4.79 Å². The van der Waals surface area contributed by atoms with Gasteiger partial charge in [0.1, 0.15) is 12.4 Å². The Bertz CT molecular complexity index is 1160. The van der Waals surface area contributed by atoms with Crippen LogP contribution in [0.25, 0.3) is 10.9 Å². The third kappa shape index (κ3) is 5.28. The second-order valence-electron chi connectivity index (χ2n) is 7.56. The first-order chi connectivity index (χ1) is 16.0. The van der Waals surface area contributed by atoms with E-state index < -0.39 is 6.10 Å². The third-order valence-corrected chi connectivity index (χ3v) is 5.33. The number of nitrogen functional groups attached to an aromatic ring is 1. The zero-order valence-corrected chi connectivity index (χ0v) is 20.1. The minimum absolute atomic E-state index is 0. The summed E-state index contributed by atoms with van der Waals surface area (Å²) in [5.74, 6) is 2.98. The number of nitrogens with one attached hydrogen (secondary N) is 1. The van der Waals surface area contributed by atoms with Gasteiger partial charge >= 0.3 is 0 Å². The van der Waals surface area contributed by atoms with Crippen molar-refractivity contribution in [2.45, 2.75) is 12.5 Å². The van der Waals surface area contributed by atoms with Crippen molar-refractivity contribution in [3.05, 3.63) is 36.4 Å². The molecule has 1 amide bonds. The van der Waals surface area contributed by atoms with Gasteiger partial charge in [0.05, 0.1) is 19.7 Å². The summed E-state index contributed by atoms with van der Waals surface area (Å²) in [6.45, 7) is 1.27. The lowest BCUT2D eigenvalue weighted by Crippen LogP contribution is -2.44. The standard InChI is InChI=1S/C23H27N5O5.ClH/c1-28(23-26-15-12-19(31-3)18(30-2)11-14(15)21(24)27-23)10-6-9-25-22(29)20-13-32-16-7-4-5-8-17(16)33-20;/h4-5,7-8,11-12,20H,6,9-10,13H2,1-3H3,(H,25,29)(H2,24,26,27);1H. The first kappa shape index (κ1) is 25.0. The number of benzene rings is 2. The Kier molecular flexibility index (Phi) is 8.06. The van der Waals surface area contributed by atoms with E-state index in [1.807, 2.05) is 30.1 Å². The molecule has 3 N–H and O–H groups in total. The van der Waals surface area contributed by atoms with Crippen LogP contribution in [-0.4, -0.2) is 62.9 Å². The molecule has 4 rings (SSSR count). The van der Waals surface area contributed by atoms with Crippen molar-refractivity contribution >= 4 is 41.0 Å². The van der Waals surface area contributed by atoms with Crippen LogP contribution in [0.2, 0.25) is 0 Å². The Labute approximate surface area is 203 Å². The second kappa shape index (κ2) is 11.0. The lowest BCUT2D eigenvalue weighted by molar-refractivity contribution is -0.130. The maximum absolute atomic E-state index is 12.4. The maximum atomic E-state index is 12.4. The first-order valence-corrected chi connectivity index (χ1v) is 10.6. The van der Waals surface area contributed by atoms with E-state index in [2.05, 4.69) is 15.3 Å². The van der Waals surface area contributed by atoms with E-state index in [0.29, 0.717) is 65.2 Å². The van der Waals surface area contributed by atoms with Crippen LogP contribution in [-0.2, 0) is 4.79 Å². The van der Waals surface area contributed by atoms with Gasteiger partial charge < -0.3 is 34.9 Å². The van der Waals surface area contributed by atoms with Crippen LogP contribution >= 0.6 is 12.4 Å². The fourth-order valence-electron chi connectivity index (χ4n) is 3.53. The Morgan fingerprint density at radius 1 is 1.18 bits per heavy atom. The number of hydrogen-bond acceptors (Lipinski definition) is 9. The number of hydrogen-bond donors (Lipinski definition) is 2. The number of fused-ring (bicyclic) bond motifs is 2. The number of halogens is 1. The molecule has 0 aliphatic carbocycles. The van der Waals surface area contributed by atoms with Crippen molar-refractivity contribution in [3.63, 3.8) is 0 Å². The van der Waals surface area contributed by atoms with Gasteiger partial charge in [-0.25, -0.2) is 4.98 Å². The zero-order valence-electron chi connectivity index (χ0n) is 19.2. The molecule has 0 spiro atoms. The number of carbonyl (C=O) groups excluding carboxylic acids is 1. The van der Waals surface area contributed by atoms with Crippen molar-refractivity contribution in [2.75, 3.05) is 51.6 Å². The number of amides is 1. The fourth-order valence-corrected chi connectivity index (χ4v) is 3.53. The minimum Gasteiger partial charge on any atom is -0.493 e. The SMILES string of the molecule is COc1cc2nc(N(C)CCCNC(=O)C3COc4ccccc4O3)nc(N)c2cc1OC.Cl. The summed E-state index contributed by atoms with van der Waals surface area (Å²) >= 11 is 0. The van der Waals surface area contributed by atoms with Crippen LogP contribution in [0.5, 0.6) is 23.0 Å². The Morgan fingerprint density at radius 2 is 1.88 bits per heavy atom. The fraction of sp³-hybridized carbons (Fsp3) is 0.348. The third-order valence-electron chi connectivity index (χ3n) is 5.33. The largest absolute Gasteiger partial charge is 0.493 e. The minimum atomic E-state index is -0.673. The normalized spacial score (nSPS) is 14.1. The zero-order chi connectivity index (χ0) is 23.4. The van der Waals surface area contributed by atoms with E-state index in [-0.39, 0.29) is 24.9 Å². The molecule has 1 aliphatic heterocycles. The molecular weight excluding hydrogens is 462 g/mol. The van der Waals surface area contributed by atoms with E-state index >= 15 is 0 Å². The lowest BCUT2D eigenvalue weighted by atomic mass is 10.2. The number of para-hydroxylation sites is 2. The number of aromatic nitrogens is 2. The Balaban J connectivity index is 0.00000324. The lowest BCUT2D eigenvalue weighted by Gasteiger charge is -2.25. The molecule has 1 unspecified atom stereocenters. The molecule has 10 nitrogen and oxygen atoms in total. The predicted molar refractivity (Wildman–Crippen MR) is 132 cm³/mol. The number of anilines is 2. The monoisotopic (exact) mass is 489 g/mol. The number of methoxy groups -OCH3 is 2. The van der Waals surface area contributed by atoms with Crippen LogP contribution in [0, 0.1) is 0 Å². The molecule has 1 aliphatic rings. The van der Waals surface area contributed by atoms with Gasteiger partial charge in [-0.15, -0.1) is 12.4 Å². The highest BCUT2D eigenvalue weighted by atomic mass is 35.5. The summed E-state index contributed by atoms with van der Waals surface area (Å²) in [6, 6.07) is 10.8. The summed E-state index contributed by atoms with van der Waals surface area (Å²) in [5, 5.41) is 3.58. The highest BCUT2D eigenvalue weighted by Gasteiger charge is 2.26. The summed E-state index contributed by atoms with van der Waals surface area (Å²) in [7, 11) is 5.00. The first-order valence-electron chi connectivity index (χ1n) is 10.6. The molecule has 1 atom stereocenters. The topological polar surface area (TPSA) is 121 Å². The molecule has 2 heterocycles. The molecular formula is C23H28ClN5O5. The van der Waals surface area contributed by atoms with Crippen LogP contribution in [0.1, 0.15) is 6.42 Å². The number of nitrogens with zero attached hydrogens (tertiary/aromatic N) is 3. The van der Waals surface area contributed by atoms with Gasteiger partial charge in [-0.3, -0.25) is 4.79 Å². The molecule has 0 saturated heterocycles. The molecule has 0 bridgehead atoms.